The van der Waals surface area contributed by atoms with E-state index in [0.717, 1.165) is 5.56 Å². The molecule has 0 saturated carbocycles. The van der Waals surface area contributed by atoms with Crippen LogP contribution in [0.15, 0.2) is 42.5 Å². The van der Waals surface area contributed by atoms with E-state index in [1.54, 1.807) is 6.07 Å². The Morgan fingerprint density at radius 3 is 2.52 bits per heavy atom. The topological polar surface area (TPSA) is 21.3 Å². The molecule has 0 unspecified atom stereocenters. The highest BCUT2D eigenvalue weighted by molar-refractivity contribution is 6.35. The molecule has 2 rings (SSSR count). The molecular weight excluding hydrogens is 305 g/mol. The van der Waals surface area contributed by atoms with Crippen molar-refractivity contribution in [1.29, 1.82) is 0 Å². The Labute approximate surface area is 136 Å². The van der Waals surface area contributed by atoms with Crippen LogP contribution < -0.4 is 10.1 Å². The summed E-state index contributed by atoms with van der Waals surface area (Å²) < 4.78 is 5.63. The summed E-state index contributed by atoms with van der Waals surface area (Å²) in [4.78, 5) is 0. The molecule has 2 aromatic rings. The van der Waals surface area contributed by atoms with Crippen LogP contribution >= 0.6 is 23.2 Å². The van der Waals surface area contributed by atoms with Crippen molar-refractivity contribution in [1.82, 2.24) is 5.32 Å². The summed E-state index contributed by atoms with van der Waals surface area (Å²) in [6.45, 7) is 5.28. The van der Waals surface area contributed by atoms with Crippen molar-refractivity contribution in [2.45, 2.75) is 26.4 Å². The van der Waals surface area contributed by atoms with Gasteiger partial charge in [0.05, 0.1) is 11.6 Å². The zero-order valence-electron chi connectivity index (χ0n) is 12.2. The SMILES string of the molecule is CCOc1c(Cl)cc(Cl)cc1CN[C@@H](C)c1ccccc1. The molecule has 0 heterocycles. The molecule has 0 aliphatic rings. The molecule has 0 spiro atoms. The summed E-state index contributed by atoms with van der Waals surface area (Å²) in [7, 11) is 0. The summed E-state index contributed by atoms with van der Waals surface area (Å²) in [5.41, 5.74) is 2.21. The van der Waals surface area contributed by atoms with Gasteiger partial charge in [-0.1, -0.05) is 53.5 Å². The van der Waals surface area contributed by atoms with Gasteiger partial charge in [0, 0.05) is 23.2 Å². The first-order valence-corrected chi connectivity index (χ1v) is 7.76. The van der Waals surface area contributed by atoms with E-state index in [4.69, 9.17) is 27.9 Å². The van der Waals surface area contributed by atoms with Gasteiger partial charge in [-0.3, -0.25) is 0 Å². The maximum atomic E-state index is 6.21. The highest BCUT2D eigenvalue weighted by Crippen LogP contribution is 2.32. The smallest absolute Gasteiger partial charge is 0.142 e. The lowest BCUT2D eigenvalue weighted by molar-refractivity contribution is 0.335. The van der Waals surface area contributed by atoms with Gasteiger partial charge in [-0.25, -0.2) is 0 Å². The third-order valence-corrected chi connectivity index (χ3v) is 3.77. The van der Waals surface area contributed by atoms with E-state index in [9.17, 15) is 0 Å². The average molecular weight is 324 g/mol. The average Bonchev–Trinajstić information content (AvgIpc) is 2.48. The number of ether oxygens (including phenoxy) is 1. The molecule has 2 nitrogen and oxygen atoms in total. The Bertz CT molecular complexity index is 587. The summed E-state index contributed by atoms with van der Waals surface area (Å²) in [6, 6.07) is 14.1. The Balaban J connectivity index is 2.12. The van der Waals surface area contributed by atoms with Gasteiger partial charge in [0.25, 0.3) is 0 Å². The molecule has 21 heavy (non-hydrogen) atoms. The fourth-order valence-electron chi connectivity index (χ4n) is 2.17. The fourth-order valence-corrected chi connectivity index (χ4v) is 2.76. The van der Waals surface area contributed by atoms with Crippen LogP contribution in [0.25, 0.3) is 0 Å². The zero-order chi connectivity index (χ0) is 15.2. The Hall–Kier alpha value is -1.22. The number of hydrogen-bond donors (Lipinski definition) is 1. The van der Waals surface area contributed by atoms with Gasteiger partial charge < -0.3 is 10.1 Å². The van der Waals surface area contributed by atoms with E-state index in [-0.39, 0.29) is 6.04 Å². The molecule has 1 N–H and O–H groups in total. The number of halogens is 2. The lowest BCUT2D eigenvalue weighted by Gasteiger charge is -2.17. The first-order valence-electron chi connectivity index (χ1n) is 7.01. The maximum Gasteiger partial charge on any atom is 0.142 e. The summed E-state index contributed by atoms with van der Waals surface area (Å²) in [5, 5.41) is 4.64. The molecule has 0 bridgehead atoms. The third-order valence-electron chi connectivity index (χ3n) is 3.27. The highest BCUT2D eigenvalue weighted by atomic mass is 35.5. The third kappa shape index (κ3) is 4.37. The molecule has 0 aromatic heterocycles. The van der Waals surface area contributed by atoms with Crippen molar-refractivity contribution < 1.29 is 4.74 Å². The number of rotatable bonds is 6. The second kappa shape index (κ2) is 7.69. The summed E-state index contributed by atoms with van der Waals surface area (Å²) in [6.07, 6.45) is 0. The van der Waals surface area contributed by atoms with Crippen molar-refractivity contribution >= 4 is 23.2 Å². The fraction of sp³-hybridized carbons (Fsp3) is 0.294. The molecular formula is C17H19Cl2NO. The quantitative estimate of drug-likeness (QED) is 0.784. The van der Waals surface area contributed by atoms with Crippen LogP contribution in [0.1, 0.15) is 31.0 Å². The normalized spacial score (nSPS) is 12.2. The van der Waals surface area contributed by atoms with Crippen molar-refractivity contribution in [3.8, 4) is 5.75 Å². The minimum Gasteiger partial charge on any atom is -0.492 e. The van der Waals surface area contributed by atoms with Gasteiger partial charge in [0.15, 0.2) is 0 Å². The highest BCUT2D eigenvalue weighted by Gasteiger charge is 2.12. The maximum absolute atomic E-state index is 6.21. The first-order chi connectivity index (χ1) is 10.1. The molecule has 0 aliphatic heterocycles. The van der Waals surface area contributed by atoms with Gasteiger partial charge in [-0.15, -0.1) is 0 Å². The van der Waals surface area contributed by atoms with Gasteiger partial charge >= 0.3 is 0 Å². The van der Waals surface area contributed by atoms with Crippen LogP contribution in [0, 0.1) is 0 Å². The van der Waals surface area contributed by atoms with Gasteiger partial charge in [-0.2, -0.15) is 0 Å². The molecule has 0 amide bonds. The molecule has 2 aromatic carbocycles. The molecule has 0 fully saturated rings. The van der Waals surface area contributed by atoms with Crippen LogP contribution in [0.4, 0.5) is 0 Å². The second-order valence-electron chi connectivity index (χ2n) is 4.82. The van der Waals surface area contributed by atoms with Crippen LogP contribution in [0.3, 0.4) is 0 Å². The van der Waals surface area contributed by atoms with Crippen LogP contribution in [0.2, 0.25) is 10.0 Å². The minimum absolute atomic E-state index is 0.235. The minimum atomic E-state index is 0.235. The molecule has 0 radical (unpaired) electrons. The summed E-state index contributed by atoms with van der Waals surface area (Å²) in [5.74, 6) is 0.705. The first kappa shape index (κ1) is 16.2. The van der Waals surface area contributed by atoms with E-state index in [2.05, 4.69) is 24.4 Å². The van der Waals surface area contributed by atoms with E-state index < -0.39 is 0 Å². The summed E-state index contributed by atoms with van der Waals surface area (Å²) >= 11 is 12.3. The van der Waals surface area contributed by atoms with Gasteiger partial charge in [-0.05, 0) is 31.5 Å². The van der Waals surface area contributed by atoms with Crippen molar-refractivity contribution in [2.24, 2.45) is 0 Å². The predicted octanol–water partition coefficient (Wildman–Crippen LogP) is 5.24. The number of nitrogens with one attached hydrogen (secondary N) is 1. The van der Waals surface area contributed by atoms with Crippen molar-refractivity contribution in [2.75, 3.05) is 6.61 Å². The van der Waals surface area contributed by atoms with Crippen molar-refractivity contribution in [3.05, 3.63) is 63.6 Å². The molecule has 4 heteroatoms. The van der Waals surface area contributed by atoms with Crippen molar-refractivity contribution in [3.63, 3.8) is 0 Å². The van der Waals surface area contributed by atoms with E-state index >= 15 is 0 Å². The lowest BCUT2D eigenvalue weighted by Crippen LogP contribution is -2.18. The monoisotopic (exact) mass is 323 g/mol. The lowest BCUT2D eigenvalue weighted by atomic mass is 10.1. The largest absolute Gasteiger partial charge is 0.492 e. The Kier molecular flexibility index (Phi) is 5.92. The molecule has 0 saturated heterocycles. The van der Waals surface area contributed by atoms with Crippen LogP contribution in [0.5, 0.6) is 5.75 Å². The molecule has 0 aliphatic carbocycles. The second-order valence-corrected chi connectivity index (χ2v) is 5.67. The van der Waals surface area contributed by atoms with Crippen LogP contribution in [-0.4, -0.2) is 6.61 Å². The van der Waals surface area contributed by atoms with E-state index in [1.807, 2.05) is 31.2 Å². The van der Waals surface area contributed by atoms with E-state index in [1.165, 1.54) is 5.56 Å². The Morgan fingerprint density at radius 1 is 1.14 bits per heavy atom. The standard InChI is InChI=1S/C17H19Cl2NO/c1-3-21-17-14(9-15(18)10-16(17)19)11-20-12(2)13-7-5-4-6-8-13/h4-10,12,20H,3,11H2,1-2H3/t12-/m0/s1. The predicted molar refractivity (Wildman–Crippen MR) is 89.3 cm³/mol. The zero-order valence-corrected chi connectivity index (χ0v) is 13.7. The Morgan fingerprint density at radius 2 is 1.86 bits per heavy atom. The van der Waals surface area contributed by atoms with Gasteiger partial charge in [0.1, 0.15) is 5.75 Å². The van der Waals surface area contributed by atoms with Crippen LogP contribution in [-0.2, 0) is 6.54 Å². The number of benzene rings is 2. The molecule has 1 atom stereocenters. The van der Waals surface area contributed by atoms with Gasteiger partial charge in [0.2, 0.25) is 0 Å². The van der Waals surface area contributed by atoms with E-state index in [0.29, 0.717) is 28.9 Å². The molecule has 112 valence electrons. The number of hydrogen-bond acceptors (Lipinski definition) is 2.